The molecule has 5 aromatic carbocycles. The van der Waals surface area contributed by atoms with E-state index in [1.54, 1.807) is 0 Å². The minimum atomic E-state index is 0.188. The van der Waals surface area contributed by atoms with Gasteiger partial charge in [-0.3, -0.25) is 4.98 Å². The van der Waals surface area contributed by atoms with Crippen LogP contribution < -0.4 is 0 Å². The second kappa shape index (κ2) is 13.4. The SMILES string of the molecule is C1=Cc2nc1c(-c1ccccc1)c1ccc([nH]1)c(-c1ccccc1)c1nc(c(-c3ccccc3)c3ccc([nH]3)c2-c2ccccc2)C2Cc3ccccc3CC12. The third kappa shape index (κ3) is 5.45. The summed E-state index contributed by atoms with van der Waals surface area (Å²) in [6.07, 6.45) is 6.19. The smallest absolute Gasteiger partial charge is 0.0737 e. The van der Waals surface area contributed by atoms with Crippen LogP contribution >= 0.6 is 0 Å². The van der Waals surface area contributed by atoms with Crippen molar-refractivity contribution in [2.75, 3.05) is 0 Å². The maximum atomic E-state index is 5.89. The zero-order valence-electron chi connectivity index (χ0n) is 30.8. The summed E-state index contributed by atoms with van der Waals surface area (Å²) in [6, 6.07) is 60.8. The van der Waals surface area contributed by atoms with Gasteiger partial charge < -0.3 is 9.97 Å². The highest BCUT2D eigenvalue weighted by Crippen LogP contribution is 2.51. The van der Waals surface area contributed by atoms with Crippen LogP contribution in [0.5, 0.6) is 0 Å². The highest BCUT2D eigenvalue weighted by atomic mass is 14.8. The van der Waals surface area contributed by atoms with Crippen molar-refractivity contribution in [1.82, 2.24) is 19.9 Å². The third-order valence-electron chi connectivity index (χ3n) is 11.8. The second-order valence-electron chi connectivity index (χ2n) is 15.0. The first-order valence-corrected chi connectivity index (χ1v) is 19.5. The van der Waals surface area contributed by atoms with Crippen LogP contribution in [0.3, 0.4) is 0 Å². The monoisotopic (exact) mass is 718 g/mol. The fourth-order valence-corrected chi connectivity index (χ4v) is 9.27. The molecule has 56 heavy (non-hydrogen) atoms. The molecule has 266 valence electrons. The van der Waals surface area contributed by atoms with Crippen LogP contribution in [0.15, 0.2) is 170 Å². The van der Waals surface area contributed by atoms with Gasteiger partial charge in [-0.1, -0.05) is 146 Å². The van der Waals surface area contributed by atoms with E-state index in [-0.39, 0.29) is 11.8 Å². The van der Waals surface area contributed by atoms with Crippen molar-refractivity contribution in [3.05, 3.63) is 204 Å². The lowest BCUT2D eigenvalue weighted by Gasteiger charge is -2.29. The Kier molecular flexibility index (Phi) is 7.73. The molecular weight excluding hydrogens is 681 g/mol. The largest absolute Gasteiger partial charge is 0.354 e. The summed E-state index contributed by atoms with van der Waals surface area (Å²) >= 11 is 0. The molecule has 4 heteroatoms. The number of fused-ring (bicyclic) bond motifs is 12. The molecule has 2 N–H and O–H groups in total. The van der Waals surface area contributed by atoms with Gasteiger partial charge in [0.2, 0.25) is 0 Å². The molecule has 2 unspecified atom stereocenters. The number of aromatic nitrogens is 4. The first-order chi connectivity index (χ1) is 27.8. The van der Waals surface area contributed by atoms with Crippen LogP contribution in [0, 0.1) is 0 Å². The van der Waals surface area contributed by atoms with Gasteiger partial charge >= 0.3 is 0 Å². The zero-order valence-corrected chi connectivity index (χ0v) is 30.8. The molecule has 0 radical (unpaired) electrons. The topological polar surface area (TPSA) is 57.4 Å². The Bertz CT molecular complexity index is 2760. The van der Waals surface area contributed by atoms with Gasteiger partial charge in [-0.15, -0.1) is 0 Å². The number of hydrogen-bond acceptors (Lipinski definition) is 2. The standard InChI is InChI=1S/C52H38N4/c1-5-15-33(16-6-1)47-41-25-26-42(53-41)48(34-17-7-2-8-18-34)44-28-30-46(55-44)50(36-21-11-4-12-22-36)52-40-32-38-24-14-13-23-37(38)31-39(40)51(56-52)49(35-19-9-3-10-20-35)45-29-27-43(47)54-45/h1-30,39-40,54-55H,31-32H2. The van der Waals surface area contributed by atoms with E-state index in [1.165, 1.54) is 11.1 Å². The van der Waals surface area contributed by atoms with Gasteiger partial charge in [0.15, 0.2) is 0 Å². The van der Waals surface area contributed by atoms with Crippen LogP contribution in [-0.4, -0.2) is 19.9 Å². The van der Waals surface area contributed by atoms with E-state index < -0.39 is 0 Å². The van der Waals surface area contributed by atoms with Crippen LogP contribution in [0.4, 0.5) is 0 Å². The molecule has 0 fully saturated rings. The Labute approximate surface area is 326 Å². The number of H-pyrrole nitrogens is 2. The fourth-order valence-electron chi connectivity index (χ4n) is 9.27. The molecule has 1 aliphatic carbocycles. The summed E-state index contributed by atoms with van der Waals surface area (Å²) in [7, 11) is 0. The first-order valence-electron chi connectivity index (χ1n) is 19.5. The lowest BCUT2D eigenvalue weighted by atomic mass is 9.72. The molecule has 0 amide bonds. The molecule has 8 bridgehead atoms. The van der Waals surface area contributed by atoms with Gasteiger partial charge in [-0.25, -0.2) is 4.98 Å². The summed E-state index contributed by atoms with van der Waals surface area (Å²) in [5.74, 6) is 0.377. The van der Waals surface area contributed by atoms with Crippen LogP contribution in [0.1, 0.15) is 45.7 Å². The number of nitrogens with zero attached hydrogens (tertiary/aromatic N) is 2. The minimum absolute atomic E-state index is 0.188. The summed E-state index contributed by atoms with van der Waals surface area (Å²) < 4.78 is 0. The molecule has 4 nitrogen and oxygen atoms in total. The Morgan fingerprint density at radius 1 is 0.339 bits per heavy atom. The number of rotatable bonds is 4. The highest BCUT2D eigenvalue weighted by molar-refractivity contribution is 5.97. The lowest BCUT2D eigenvalue weighted by molar-refractivity contribution is 0.525. The van der Waals surface area contributed by atoms with E-state index in [2.05, 4.69) is 192 Å². The van der Waals surface area contributed by atoms with E-state index in [4.69, 9.17) is 9.97 Å². The van der Waals surface area contributed by atoms with Gasteiger partial charge in [-0.2, -0.15) is 0 Å². The highest BCUT2D eigenvalue weighted by Gasteiger charge is 2.40. The van der Waals surface area contributed by atoms with Crippen LogP contribution in [0.2, 0.25) is 0 Å². The fraction of sp³-hybridized carbons (Fsp3) is 0.0769. The molecule has 2 atom stereocenters. The predicted octanol–water partition coefficient (Wildman–Crippen LogP) is 12.8. The van der Waals surface area contributed by atoms with E-state index in [9.17, 15) is 0 Å². The Hall–Kier alpha value is -7.04. The average Bonchev–Trinajstić information content (AvgIpc) is 4.09. The van der Waals surface area contributed by atoms with Gasteiger partial charge in [0.25, 0.3) is 0 Å². The summed E-state index contributed by atoms with van der Waals surface area (Å²) in [5, 5.41) is 0. The maximum absolute atomic E-state index is 5.89. The van der Waals surface area contributed by atoms with Gasteiger partial charge in [0, 0.05) is 56.2 Å². The van der Waals surface area contributed by atoms with E-state index in [0.717, 1.165) is 102 Å². The zero-order chi connectivity index (χ0) is 37.0. The Balaban J connectivity index is 1.35. The lowest BCUT2D eigenvalue weighted by Crippen LogP contribution is -2.19. The maximum Gasteiger partial charge on any atom is 0.0737 e. The Morgan fingerprint density at radius 2 is 0.661 bits per heavy atom. The Morgan fingerprint density at radius 3 is 1.04 bits per heavy atom. The van der Waals surface area contributed by atoms with Crippen molar-refractivity contribution < 1.29 is 0 Å². The van der Waals surface area contributed by atoms with Gasteiger partial charge in [0.1, 0.15) is 0 Å². The van der Waals surface area contributed by atoms with E-state index >= 15 is 0 Å². The van der Waals surface area contributed by atoms with Crippen molar-refractivity contribution in [3.8, 4) is 44.5 Å². The van der Waals surface area contributed by atoms with Gasteiger partial charge in [-0.05, 0) is 82.6 Å². The molecule has 11 rings (SSSR count). The summed E-state index contributed by atoms with van der Waals surface area (Å²) in [6.45, 7) is 0. The minimum Gasteiger partial charge on any atom is -0.354 e. The summed E-state index contributed by atoms with van der Waals surface area (Å²) in [5.41, 5.74) is 20.0. The molecule has 0 spiro atoms. The quantitative estimate of drug-likeness (QED) is 0.190. The third-order valence-corrected chi connectivity index (χ3v) is 11.8. The van der Waals surface area contributed by atoms with Crippen molar-refractivity contribution >= 4 is 34.2 Å². The molecule has 3 aliphatic rings. The van der Waals surface area contributed by atoms with Crippen LogP contribution in [0.25, 0.3) is 78.7 Å². The van der Waals surface area contributed by atoms with Crippen molar-refractivity contribution in [2.24, 2.45) is 0 Å². The number of aromatic amines is 2. The molecule has 5 heterocycles. The first kappa shape index (κ1) is 32.4. The van der Waals surface area contributed by atoms with Crippen molar-refractivity contribution in [1.29, 1.82) is 0 Å². The van der Waals surface area contributed by atoms with Crippen molar-refractivity contribution in [3.63, 3.8) is 0 Å². The van der Waals surface area contributed by atoms with Crippen LogP contribution in [-0.2, 0) is 12.8 Å². The molecule has 8 aromatic rings. The summed E-state index contributed by atoms with van der Waals surface area (Å²) in [4.78, 5) is 19.2. The molecule has 3 aromatic heterocycles. The van der Waals surface area contributed by atoms with Crippen molar-refractivity contribution in [2.45, 2.75) is 24.7 Å². The normalized spacial score (nSPS) is 15.6. The van der Waals surface area contributed by atoms with E-state index in [0.29, 0.717) is 0 Å². The predicted molar refractivity (Wildman–Crippen MR) is 231 cm³/mol. The molecular formula is C52H38N4. The second-order valence-corrected chi connectivity index (χ2v) is 15.0. The molecule has 0 saturated carbocycles. The average molecular weight is 719 g/mol. The molecule has 0 saturated heterocycles. The van der Waals surface area contributed by atoms with E-state index in [1.807, 2.05) is 0 Å². The molecule has 2 aliphatic heterocycles. The number of benzene rings is 5. The van der Waals surface area contributed by atoms with Gasteiger partial charge in [0.05, 0.1) is 22.8 Å². The number of nitrogens with one attached hydrogen (secondary N) is 2. The number of hydrogen-bond donors (Lipinski definition) is 2.